The predicted octanol–water partition coefficient (Wildman–Crippen LogP) is 2.84. The van der Waals surface area contributed by atoms with Crippen molar-refractivity contribution in [2.45, 2.75) is 27.2 Å². The standard InChI is InChI=1S/C11H20N/c1-6-12(5)11(4)9-7-8-10(2)3/h7,9-10H,4-6,8H2,1-3H3/q+1/b9-7-. The molecule has 0 bridgehead atoms. The minimum absolute atomic E-state index is 0.717. The van der Waals surface area contributed by atoms with Crippen LogP contribution in [0.15, 0.2) is 24.4 Å². The molecule has 0 spiro atoms. The van der Waals surface area contributed by atoms with Crippen molar-refractivity contribution in [2.24, 2.45) is 5.92 Å². The normalized spacial score (nSPS) is 11.0. The summed E-state index contributed by atoms with van der Waals surface area (Å²) < 4.78 is 1.89. The molecule has 1 heteroatoms. The summed E-state index contributed by atoms with van der Waals surface area (Å²) in [5.74, 6) is 0.717. The van der Waals surface area contributed by atoms with Crippen molar-refractivity contribution in [1.29, 1.82) is 0 Å². The lowest BCUT2D eigenvalue weighted by molar-refractivity contribution is -0.458. The maximum atomic E-state index is 3.90. The molecule has 0 aromatic heterocycles. The smallest absolute Gasteiger partial charge is 0.197 e. The monoisotopic (exact) mass is 166 g/mol. The predicted molar refractivity (Wildman–Crippen MR) is 55.7 cm³/mol. The summed E-state index contributed by atoms with van der Waals surface area (Å²) in [7, 11) is 0. The van der Waals surface area contributed by atoms with Crippen LogP contribution in [0.5, 0.6) is 0 Å². The van der Waals surface area contributed by atoms with E-state index >= 15 is 0 Å². The van der Waals surface area contributed by atoms with Crippen molar-refractivity contribution in [1.82, 2.24) is 0 Å². The Kier molecular flexibility index (Phi) is 5.35. The molecule has 0 saturated carbocycles. The number of rotatable bonds is 5. The molecule has 0 aliphatic rings. The summed E-state index contributed by atoms with van der Waals surface area (Å²) in [6.45, 7) is 15.1. The van der Waals surface area contributed by atoms with Gasteiger partial charge in [0.05, 0.1) is 0 Å². The van der Waals surface area contributed by atoms with Crippen molar-refractivity contribution in [3.05, 3.63) is 24.4 Å². The lowest BCUT2D eigenvalue weighted by atomic mass is 10.1. The second-order valence-electron chi connectivity index (χ2n) is 3.38. The van der Waals surface area contributed by atoms with Crippen LogP contribution in [0.2, 0.25) is 0 Å². The molecule has 0 N–H and O–H groups in total. The summed E-state index contributed by atoms with van der Waals surface area (Å²) in [6, 6.07) is 0. The zero-order valence-corrected chi connectivity index (χ0v) is 8.51. The zero-order valence-electron chi connectivity index (χ0n) is 8.51. The van der Waals surface area contributed by atoms with Gasteiger partial charge in [0.1, 0.15) is 13.3 Å². The molecule has 0 aliphatic heterocycles. The second kappa shape index (κ2) is 5.76. The molecule has 0 amide bonds. The second-order valence-corrected chi connectivity index (χ2v) is 3.38. The molecular weight excluding hydrogens is 146 g/mol. The molecule has 0 aliphatic carbocycles. The molecule has 0 saturated heterocycles. The van der Waals surface area contributed by atoms with Gasteiger partial charge in [-0.3, -0.25) is 0 Å². The molecule has 0 rings (SSSR count). The van der Waals surface area contributed by atoms with Gasteiger partial charge < -0.3 is 0 Å². The van der Waals surface area contributed by atoms with Gasteiger partial charge in [-0.05, 0) is 25.8 Å². The van der Waals surface area contributed by atoms with Gasteiger partial charge in [-0.2, -0.15) is 0 Å². The molecular formula is C11H20N+. The van der Waals surface area contributed by atoms with E-state index in [0.717, 1.165) is 18.7 Å². The van der Waals surface area contributed by atoms with Crippen LogP contribution in [0.1, 0.15) is 27.2 Å². The molecule has 0 atom stereocenters. The van der Waals surface area contributed by atoms with Crippen molar-refractivity contribution < 1.29 is 4.58 Å². The van der Waals surface area contributed by atoms with Crippen LogP contribution in [0.3, 0.4) is 0 Å². The highest BCUT2D eigenvalue weighted by molar-refractivity contribution is 5.19. The Labute approximate surface area is 76.1 Å². The van der Waals surface area contributed by atoms with Gasteiger partial charge in [0, 0.05) is 6.08 Å². The molecule has 0 aromatic rings. The lowest BCUT2D eigenvalue weighted by Gasteiger charge is -1.97. The first-order chi connectivity index (χ1) is 5.57. The quantitative estimate of drug-likeness (QED) is 0.335. The Morgan fingerprint density at radius 3 is 2.50 bits per heavy atom. The van der Waals surface area contributed by atoms with E-state index in [0.29, 0.717) is 5.92 Å². The van der Waals surface area contributed by atoms with Gasteiger partial charge in [-0.1, -0.05) is 19.9 Å². The van der Waals surface area contributed by atoms with Crippen molar-refractivity contribution in [2.75, 3.05) is 6.54 Å². The summed E-state index contributed by atoms with van der Waals surface area (Å²) in [5.41, 5.74) is 0.984. The van der Waals surface area contributed by atoms with E-state index < -0.39 is 0 Å². The van der Waals surface area contributed by atoms with Crippen LogP contribution in [-0.4, -0.2) is 17.8 Å². The third-order valence-corrected chi connectivity index (χ3v) is 1.71. The molecule has 0 radical (unpaired) electrons. The van der Waals surface area contributed by atoms with Crippen LogP contribution in [-0.2, 0) is 0 Å². The molecule has 0 heterocycles. The first kappa shape index (κ1) is 11.2. The largest absolute Gasteiger partial charge is 0.206 e. The highest BCUT2D eigenvalue weighted by atomic mass is 15.0. The first-order valence-electron chi connectivity index (χ1n) is 4.51. The van der Waals surface area contributed by atoms with Crippen LogP contribution < -0.4 is 0 Å². The van der Waals surface area contributed by atoms with E-state index in [1.54, 1.807) is 0 Å². The van der Waals surface area contributed by atoms with Gasteiger partial charge in [-0.25, -0.2) is 4.58 Å². The Hall–Kier alpha value is -0.850. The minimum atomic E-state index is 0.717. The van der Waals surface area contributed by atoms with Gasteiger partial charge in [-0.15, -0.1) is 0 Å². The maximum Gasteiger partial charge on any atom is 0.197 e. The third kappa shape index (κ3) is 4.89. The Morgan fingerprint density at radius 1 is 1.50 bits per heavy atom. The summed E-state index contributed by atoms with van der Waals surface area (Å²) in [4.78, 5) is 0. The van der Waals surface area contributed by atoms with E-state index in [2.05, 4.69) is 40.1 Å². The number of likely N-dealkylation sites (N-methyl/N-ethyl adjacent to an activating group) is 1. The average Bonchev–Trinajstić information content (AvgIpc) is 2.02. The van der Waals surface area contributed by atoms with Crippen LogP contribution >= 0.6 is 0 Å². The van der Waals surface area contributed by atoms with E-state index in [1.165, 1.54) is 0 Å². The van der Waals surface area contributed by atoms with Gasteiger partial charge >= 0.3 is 0 Å². The third-order valence-electron chi connectivity index (χ3n) is 1.71. The number of allylic oxidation sites excluding steroid dienone is 2. The Bertz CT molecular complexity index is 187. The van der Waals surface area contributed by atoms with Gasteiger partial charge in [0.25, 0.3) is 0 Å². The highest BCUT2D eigenvalue weighted by Gasteiger charge is 1.98. The number of hydrogen-bond acceptors (Lipinski definition) is 0. The van der Waals surface area contributed by atoms with Gasteiger partial charge in [0.15, 0.2) is 5.70 Å². The van der Waals surface area contributed by atoms with E-state index in [4.69, 9.17) is 0 Å². The fourth-order valence-corrected chi connectivity index (χ4v) is 0.785. The van der Waals surface area contributed by atoms with Crippen molar-refractivity contribution in [3.8, 4) is 0 Å². The highest BCUT2D eigenvalue weighted by Crippen LogP contribution is 2.02. The van der Waals surface area contributed by atoms with E-state index in [9.17, 15) is 0 Å². The van der Waals surface area contributed by atoms with Crippen molar-refractivity contribution >= 4 is 6.72 Å². The van der Waals surface area contributed by atoms with Gasteiger partial charge in [0.2, 0.25) is 0 Å². The van der Waals surface area contributed by atoms with Crippen molar-refractivity contribution in [3.63, 3.8) is 0 Å². The number of hydrogen-bond donors (Lipinski definition) is 0. The fraction of sp³-hybridized carbons (Fsp3) is 0.545. The average molecular weight is 166 g/mol. The Morgan fingerprint density at radius 2 is 2.08 bits per heavy atom. The Balaban J connectivity index is 3.84. The molecule has 0 aromatic carbocycles. The van der Waals surface area contributed by atoms with E-state index in [-0.39, 0.29) is 0 Å². The molecule has 12 heavy (non-hydrogen) atoms. The number of nitrogens with zero attached hydrogens (tertiary/aromatic N) is 1. The summed E-state index contributed by atoms with van der Waals surface area (Å²) >= 11 is 0. The van der Waals surface area contributed by atoms with Crippen LogP contribution in [0.25, 0.3) is 0 Å². The molecule has 0 fully saturated rings. The minimum Gasteiger partial charge on any atom is -0.206 e. The van der Waals surface area contributed by atoms with E-state index in [1.807, 2.05) is 10.7 Å². The summed E-state index contributed by atoms with van der Waals surface area (Å²) in [6.07, 6.45) is 5.30. The first-order valence-corrected chi connectivity index (χ1v) is 4.51. The lowest BCUT2D eigenvalue weighted by Crippen LogP contribution is -2.04. The van der Waals surface area contributed by atoms with Crippen LogP contribution in [0, 0.1) is 5.92 Å². The zero-order chi connectivity index (χ0) is 9.56. The maximum absolute atomic E-state index is 3.90. The molecule has 0 unspecified atom stereocenters. The molecule has 68 valence electrons. The summed E-state index contributed by atoms with van der Waals surface area (Å²) in [5, 5.41) is 0. The topological polar surface area (TPSA) is 3.01 Å². The SMILES string of the molecule is C=C(/C=C\CC(C)C)[N+](=C)CC. The van der Waals surface area contributed by atoms with Crippen LogP contribution in [0.4, 0.5) is 0 Å². The molecule has 1 nitrogen and oxygen atoms in total. The fourth-order valence-electron chi connectivity index (χ4n) is 0.785.